The zero-order valence-electron chi connectivity index (χ0n) is 9.99. The first-order valence-electron chi connectivity index (χ1n) is 5.70. The summed E-state index contributed by atoms with van der Waals surface area (Å²) in [6.07, 6.45) is 2.57. The fourth-order valence-electron chi connectivity index (χ4n) is 2.17. The Kier molecular flexibility index (Phi) is 3.84. The van der Waals surface area contributed by atoms with Crippen LogP contribution in [0.15, 0.2) is 12.3 Å². The van der Waals surface area contributed by atoms with Gasteiger partial charge in [0.25, 0.3) is 0 Å². The third-order valence-corrected chi connectivity index (χ3v) is 3.49. The van der Waals surface area contributed by atoms with Gasteiger partial charge in [-0.15, -0.1) is 0 Å². The molecule has 0 amide bonds. The lowest BCUT2D eigenvalue weighted by Gasteiger charge is -2.36. The summed E-state index contributed by atoms with van der Waals surface area (Å²) in [5, 5.41) is 0.319. The van der Waals surface area contributed by atoms with Crippen LogP contribution in [0.2, 0.25) is 5.02 Å². The smallest absolute Gasteiger partial charge is 0.167 e. The van der Waals surface area contributed by atoms with Crippen LogP contribution in [0.5, 0.6) is 0 Å². The number of hydrogen-bond acceptors (Lipinski definition) is 3. The van der Waals surface area contributed by atoms with Crippen LogP contribution in [-0.4, -0.2) is 31.3 Å². The predicted octanol–water partition coefficient (Wildman–Crippen LogP) is 2.74. The summed E-state index contributed by atoms with van der Waals surface area (Å²) in [6, 6.07) is 1.30. The fraction of sp³-hybridized carbons (Fsp3) is 0.583. The molecule has 0 aliphatic carbocycles. The number of halogens is 2. The van der Waals surface area contributed by atoms with Gasteiger partial charge in [0, 0.05) is 26.4 Å². The molecule has 3 nitrogen and oxygen atoms in total. The van der Waals surface area contributed by atoms with E-state index in [1.807, 2.05) is 4.90 Å². The first-order valence-corrected chi connectivity index (χ1v) is 6.08. The van der Waals surface area contributed by atoms with Gasteiger partial charge in [0.05, 0.1) is 11.1 Å². The lowest BCUT2D eigenvalue weighted by molar-refractivity contribution is 0.0495. The number of ether oxygens (including phenoxy) is 1. The lowest BCUT2D eigenvalue weighted by Crippen LogP contribution is -2.44. The van der Waals surface area contributed by atoms with E-state index in [-0.39, 0.29) is 11.9 Å². The summed E-state index contributed by atoms with van der Waals surface area (Å²) in [5.74, 6) is 0.483. The zero-order valence-corrected chi connectivity index (χ0v) is 10.7. The molecule has 0 spiro atoms. The van der Waals surface area contributed by atoms with Crippen LogP contribution in [0.1, 0.15) is 13.3 Å². The number of anilines is 1. The monoisotopic (exact) mass is 258 g/mol. The van der Waals surface area contributed by atoms with Crippen molar-refractivity contribution in [2.24, 2.45) is 5.92 Å². The molecule has 0 N–H and O–H groups in total. The molecule has 1 aliphatic heterocycles. The van der Waals surface area contributed by atoms with Gasteiger partial charge >= 0.3 is 0 Å². The maximum atomic E-state index is 13.7. The van der Waals surface area contributed by atoms with Crippen molar-refractivity contribution in [2.45, 2.75) is 19.4 Å². The molecule has 2 rings (SSSR count). The van der Waals surface area contributed by atoms with Crippen molar-refractivity contribution in [2.75, 3.05) is 25.1 Å². The largest absolute Gasteiger partial charge is 0.379 e. The number of aromatic nitrogens is 1. The van der Waals surface area contributed by atoms with E-state index < -0.39 is 0 Å². The van der Waals surface area contributed by atoms with Crippen LogP contribution in [0.4, 0.5) is 10.2 Å². The zero-order chi connectivity index (χ0) is 12.4. The number of nitrogens with zero attached hydrogens (tertiary/aromatic N) is 2. The second-order valence-corrected chi connectivity index (χ2v) is 4.88. The van der Waals surface area contributed by atoms with Gasteiger partial charge in [-0.1, -0.05) is 18.5 Å². The Hall–Kier alpha value is -0.870. The minimum Gasteiger partial charge on any atom is -0.379 e. The summed E-state index contributed by atoms with van der Waals surface area (Å²) in [7, 11) is 1.69. The standard InChI is InChI=1S/C12H16ClFN2O/c1-8-3-4-16(7-11(8)17-2)12-10(14)5-9(13)6-15-12/h5-6,8,11H,3-4,7H2,1-2H3. The Balaban J connectivity index is 2.17. The van der Waals surface area contributed by atoms with Crippen LogP contribution in [0, 0.1) is 11.7 Å². The minimum atomic E-state index is -0.373. The molecule has 2 heterocycles. The van der Waals surface area contributed by atoms with Crippen molar-refractivity contribution in [3.8, 4) is 0 Å². The van der Waals surface area contributed by atoms with Crippen LogP contribution in [0.25, 0.3) is 0 Å². The predicted molar refractivity (Wildman–Crippen MR) is 66.0 cm³/mol. The normalized spacial score (nSPS) is 25.1. The van der Waals surface area contributed by atoms with E-state index in [1.54, 1.807) is 7.11 Å². The first-order chi connectivity index (χ1) is 8.11. The number of pyridine rings is 1. The van der Waals surface area contributed by atoms with Gasteiger partial charge in [-0.3, -0.25) is 0 Å². The van der Waals surface area contributed by atoms with Crippen molar-refractivity contribution in [3.05, 3.63) is 23.1 Å². The van der Waals surface area contributed by atoms with Gasteiger partial charge in [-0.05, 0) is 18.4 Å². The molecule has 2 unspecified atom stereocenters. The number of piperidine rings is 1. The van der Waals surface area contributed by atoms with E-state index in [9.17, 15) is 4.39 Å². The van der Waals surface area contributed by atoms with Gasteiger partial charge < -0.3 is 9.64 Å². The molecule has 1 fully saturated rings. The van der Waals surface area contributed by atoms with Gasteiger partial charge in [0.15, 0.2) is 11.6 Å². The maximum absolute atomic E-state index is 13.7. The Bertz CT molecular complexity index is 402. The van der Waals surface area contributed by atoms with Gasteiger partial charge in [0.1, 0.15) is 0 Å². The highest BCUT2D eigenvalue weighted by atomic mass is 35.5. The highest BCUT2D eigenvalue weighted by Crippen LogP contribution is 2.26. The third-order valence-electron chi connectivity index (χ3n) is 3.28. The minimum absolute atomic E-state index is 0.126. The quantitative estimate of drug-likeness (QED) is 0.816. The van der Waals surface area contributed by atoms with Crippen LogP contribution in [-0.2, 0) is 4.74 Å². The average Bonchev–Trinajstić information content (AvgIpc) is 2.30. The Morgan fingerprint density at radius 2 is 2.35 bits per heavy atom. The molecule has 94 valence electrons. The van der Waals surface area contributed by atoms with E-state index in [1.165, 1.54) is 12.3 Å². The first kappa shape index (κ1) is 12.6. The van der Waals surface area contributed by atoms with E-state index in [2.05, 4.69) is 11.9 Å². The van der Waals surface area contributed by atoms with Crippen molar-refractivity contribution >= 4 is 17.4 Å². The molecule has 0 bridgehead atoms. The molecular weight excluding hydrogens is 243 g/mol. The number of rotatable bonds is 2. The number of hydrogen-bond donors (Lipinski definition) is 0. The Labute approximate surface area is 106 Å². The Morgan fingerprint density at radius 3 is 3.00 bits per heavy atom. The SMILES string of the molecule is COC1CN(c2ncc(Cl)cc2F)CCC1C. The molecular formula is C12H16ClFN2O. The highest BCUT2D eigenvalue weighted by Gasteiger charge is 2.28. The van der Waals surface area contributed by atoms with Gasteiger partial charge in [-0.25, -0.2) is 9.37 Å². The van der Waals surface area contributed by atoms with Gasteiger partial charge in [0.2, 0.25) is 0 Å². The number of methoxy groups -OCH3 is 1. The van der Waals surface area contributed by atoms with Crippen molar-refractivity contribution in [3.63, 3.8) is 0 Å². The van der Waals surface area contributed by atoms with Crippen LogP contribution < -0.4 is 4.90 Å². The summed E-state index contributed by atoms with van der Waals surface area (Å²) in [4.78, 5) is 5.98. The van der Waals surface area contributed by atoms with Crippen molar-refractivity contribution < 1.29 is 9.13 Å². The average molecular weight is 259 g/mol. The second-order valence-electron chi connectivity index (χ2n) is 4.45. The van der Waals surface area contributed by atoms with E-state index in [0.717, 1.165) is 13.0 Å². The van der Waals surface area contributed by atoms with E-state index in [4.69, 9.17) is 16.3 Å². The molecule has 0 radical (unpaired) electrons. The van der Waals surface area contributed by atoms with Crippen LogP contribution >= 0.6 is 11.6 Å². The van der Waals surface area contributed by atoms with Crippen molar-refractivity contribution in [1.82, 2.24) is 4.98 Å². The van der Waals surface area contributed by atoms with E-state index in [0.29, 0.717) is 23.3 Å². The Morgan fingerprint density at radius 1 is 1.59 bits per heavy atom. The molecule has 0 saturated carbocycles. The molecule has 17 heavy (non-hydrogen) atoms. The van der Waals surface area contributed by atoms with Crippen LogP contribution in [0.3, 0.4) is 0 Å². The molecule has 1 aliphatic rings. The summed E-state index contributed by atoms with van der Waals surface area (Å²) >= 11 is 5.69. The highest BCUT2D eigenvalue weighted by molar-refractivity contribution is 6.30. The molecule has 1 aromatic heterocycles. The lowest BCUT2D eigenvalue weighted by atomic mass is 9.96. The molecule has 1 saturated heterocycles. The summed E-state index contributed by atoms with van der Waals surface area (Å²) in [5.41, 5.74) is 0. The van der Waals surface area contributed by atoms with E-state index >= 15 is 0 Å². The molecule has 5 heteroatoms. The van der Waals surface area contributed by atoms with Gasteiger partial charge in [-0.2, -0.15) is 0 Å². The molecule has 0 aromatic carbocycles. The third kappa shape index (κ3) is 2.69. The maximum Gasteiger partial charge on any atom is 0.167 e. The topological polar surface area (TPSA) is 25.4 Å². The summed E-state index contributed by atoms with van der Waals surface area (Å²) < 4.78 is 19.1. The molecule has 2 atom stereocenters. The fourth-order valence-corrected chi connectivity index (χ4v) is 2.32. The summed E-state index contributed by atoms with van der Waals surface area (Å²) in [6.45, 7) is 3.62. The van der Waals surface area contributed by atoms with Crippen molar-refractivity contribution in [1.29, 1.82) is 0 Å². The molecule has 1 aromatic rings. The second kappa shape index (κ2) is 5.19.